The summed E-state index contributed by atoms with van der Waals surface area (Å²) in [6.45, 7) is 2.90. The lowest BCUT2D eigenvalue weighted by molar-refractivity contribution is -0.144. The van der Waals surface area contributed by atoms with Crippen molar-refractivity contribution in [3.63, 3.8) is 0 Å². The molecule has 3 aromatic heterocycles. The van der Waals surface area contributed by atoms with Gasteiger partial charge in [0.05, 0.1) is 5.69 Å². The van der Waals surface area contributed by atoms with Gasteiger partial charge in [0.25, 0.3) is 5.56 Å². The molecule has 0 spiro atoms. The number of nitrogens with one attached hydrogen (secondary N) is 2. The van der Waals surface area contributed by atoms with Crippen molar-refractivity contribution >= 4 is 22.7 Å². The Bertz CT molecular complexity index is 1640. The first-order valence-corrected chi connectivity index (χ1v) is 12.7. The molecule has 1 aliphatic carbocycles. The predicted octanol–water partition coefficient (Wildman–Crippen LogP) is 4.67. The molecule has 8 nitrogen and oxygen atoms in total. The molecule has 4 heterocycles. The molecular weight excluding hydrogens is 514 g/mol. The molecule has 2 aliphatic rings. The predicted molar refractivity (Wildman–Crippen MR) is 138 cm³/mol. The lowest BCUT2D eigenvalue weighted by atomic mass is 9.85. The van der Waals surface area contributed by atoms with Gasteiger partial charge in [-0.3, -0.25) is 9.18 Å². The van der Waals surface area contributed by atoms with Crippen LogP contribution in [0.15, 0.2) is 47.4 Å². The van der Waals surface area contributed by atoms with E-state index < -0.39 is 30.4 Å². The molecule has 1 aromatic carbocycles. The third-order valence-electron chi connectivity index (χ3n) is 7.60. The normalized spacial score (nSPS) is 17.7. The molecule has 0 unspecified atom stereocenters. The van der Waals surface area contributed by atoms with Gasteiger partial charge in [0, 0.05) is 22.8 Å². The number of fused-ring (bicyclic) bond motifs is 2. The van der Waals surface area contributed by atoms with E-state index in [4.69, 9.17) is 0 Å². The highest BCUT2D eigenvalue weighted by Gasteiger charge is 2.46. The van der Waals surface area contributed by atoms with Crippen LogP contribution in [-0.2, 0) is 23.9 Å². The second-order valence-electron chi connectivity index (χ2n) is 10.8. The molecule has 0 amide bonds. The van der Waals surface area contributed by atoms with Crippen LogP contribution in [0.5, 0.6) is 0 Å². The molecule has 1 fully saturated rings. The van der Waals surface area contributed by atoms with Gasteiger partial charge in [0.15, 0.2) is 11.5 Å². The van der Waals surface area contributed by atoms with Gasteiger partial charge in [-0.25, -0.2) is 19.3 Å². The van der Waals surface area contributed by atoms with Crippen LogP contribution in [0.1, 0.15) is 43.5 Å². The van der Waals surface area contributed by atoms with Gasteiger partial charge < -0.3 is 10.6 Å². The minimum absolute atomic E-state index is 0.0280. The van der Waals surface area contributed by atoms with Crippen molar-refractivity contribution in [1.82, 2.24) is 29.6 Å². The number of pyridine rings is 1. The first-order chi connectivity index (χ1) is 18.5. The molecule has 39 heavy (non-hydrogen) atoms. The van der Waals surface area contributed by atoms with Gasteiger partial charge in [-0.15, -0.1) is 0 Å². The number of aromatic nitrogens is 5. The Hall–Kier alpha value is -3.80. The van der Waals surface area contributed by atoms with Crippen LogP contribution < -0.4 is 16.2 Å². The zero-order valence-electron chi connectivity index (χ0n) is 21.4. The fourth-order valence-corrected chi connectivity index (χ4v) is 5.30. The molecule has 6 rings (SSSR count). The van der Waals surface area contributed by atoms with E-state index in [0.29, 0.717) is 28.9 Å². The average Bonchev–Trinajstić information content (AvgIpc) is 3.64. The molecule has 0 atom stereocenters. The molecule has 1 aliphatic heterocycles. The maximum absolute atomic E-state index is 13.7. The van der Waals surface area contributed by atoms with Crippen LogP contribution >= 0.6 is 0 Å². The van der Waals surface area contributed by atoms with Gasteiger partial charge in [0.2, 0.25) is 5.95 Å². The number of anilines is 2. The number of rotatable bonds is 6. The van der Waals surface area contributed by atoms with Crippen LogP contribution in [-0.4, -0.2) is 43.7 Å². The minimum atomic E-state index is -4.68. The average molecular weight is 542 g/mol. The summed E-state index contributed by atoms with van der Waals surface area (Å²) in [7, 11) is 0. The Morgan fingerprint density at radius 3 is 2.64 bits per heavy atom. The highest BCUT2D eigenvalue weighted by molar-refractivity contribution is 5.77. The summed E-state index contributed by atoms with van der Waals surface area (Å²) in [6, 6.07) is 10.7. The maximum atomic E-state index is 13.7. The lowest BCUT2D eigenvalue weighted by Gasteiger charge is -2.34. The number of hydrogen-bond acceptors (Lipinski definition) is 6. The Morgan fingerprint density at radius 1 is 1.13 bits per heavy atom. The van der Waals surface area contributed by atoms with E-state index in [2.05, 4.69) is 39.4 Å². The summed E-state index contributed by atoms with van der Waals surface area (Å²) in [5.41, 5.74) is 1.69. The molecule has 12 heteroatoms. The third-order valence-corrected chi connectivity index (χ3v) is 7.60. The van der Waals surface area contributed by atoms with Crippen molar-refractivity contribution < 1.29 is 17.6 Å². The van der Waals surface area contributed by atoms with Crippen molar-refractivity contribution in [2.45, 2.75) is 56.8 Å². The molecule has 0 radical (unpaired) electrons. The highest BCUT2D eigenvalue weighted by Crippen LogP contribution is 2.47. The van der Waals surface area contributed by atoms with Crippen LogP contribution in [0.4, 0.5) is 29.2 Å². The maximum Gasteiger partial charge on any atom is 0.408 e. The zero-order valence-corrected chi connectivity index (χ0v) is 21.4. The molecule has 0 bridgehead atoms. The summed E-state index contributed by atoms with van der Waals surface area (Å²) < 4.78 is 56.0. The Morgan fingerprint density at radius 2 is 1.92 bits per heavy atom. The SMILES string of the molecule is CC1(C)NCCc2cc(Nc3ncc4c(=O)n(CC(F)(F)F)n(-c5cccc(C6(CF)CC6)n5)c4n3)ccc21. The highest BCUT2D eigenvalue weighted by atomic mass is 19.4. The second-order valence-corrected chi connectivity index (χ2v) is 10.8. The summed E-state index contributed by atoms with van der Waals surface area (Å²) >= 11 is 0. The molecular formula is C27H27F4N7O. The van der Waals surface area contributed by atoms with Crippen LogP contribution in [0, 0.1) is 0 Å². The van der Waals surface area contributed by atoms with Crippen LogP contribution in [0.25, 0.3) is 16.9 Å². The van der Waals surface area contributed by atoms with Crippen LogP contribution in [0.2, 0.25) is 0 Å². The minimum Gasteiger partial charge on any atom is -0.324 e. The Labute approximate surface area is 221 Å². The first-order valence-electron chi connectivity index (χ1n) is 12.7. The fraction of sp³-hybridized carbons (Fsp3) is 0.407. The van der Waals surface area contributed by atoms with E-state index >= 15 is 0 Å². The number of hydrogen-bond donors (Lipinski definition) is 2. The summed E-state index contributed by atoms with van der Waals surface area (Å²) in [5.74, 6) is 0.170. The van der Waals surface area contributed by atoms with Crippen molar-refractivity contribution in [3.05, 3.63) is 69.8 Å². The van der Waals surface area contributed by atoms with Gasteiger partial charge in [0.1, 0.15) is 18.6 Å². The van der Waals surface area contributed by atoms with Gasteiger partial charge in [-0.2, -0.15) is 18.2 Å². The topological polar surface area (TPSA) is 89.7 Å². The summed E-state index contributed by atoms with van der Waals surface area (Å²) in [6.07, 6.45) is -1.41. The first kappa shape index (κ1) is 25.5. The van der Waals surface area contributed by atoms with E-state index in [9.17, 15) is 22.4 Å². The lowest BCUT2D eigenvalue weighted by Crippen LogP contribution is -2.42. The largest absolute Gasteiger partial charge is 0.408 e. The smallest absolute Gasteiger partial charge is 0.324 e. The monoisotopic (exact) mass is 541 g/mol. The van der Waals surface area contributed by atoms with Crippen LogP contribution in [0.3, 0.4) is 0 Å². The van der Waals surface area contributed by atoms with Crippen molar-refractivity contribution in [3.8, 4) is 5.82 Å². The second kappa shape index (κ2) is 8.87. The molecule has 1 saturated carbocycles. The molecule has 0 saturated heterocycles. The quantitative estimate of drug-likeness (QED) is 0.345. The standard InChI is InChI=1S/C27H27F4N7O/c1-25(2)19-7-6-17(12-16(19)8-11-33-25)34-24-32-13-18-22(36-24)38(37(23(18)39)15-27(29,30)31)21-5-3-4-20(35-21)26(14-28)9-10-26/h3-7,12-13,33H,8-11,14-15H2,1-2H3,(H,32,34,36). The number of alkyl halides is 4. The van der Waals surface area contributed by atoms with Crippen molar-refractivity contribution in [2.24, 2.45) is 0 Å². The number of nitrogens with zero attached hydrogens (tertiary/aromatic N) is 5. The van der Waals surface area contributed by atoms with E-state index in [-0.39, 0.29) is 28.3 Å². The number of halogens is 4. The van der Waals surface area contributed by atoms with Gasteiger partial charge in [-0.05, 0) is 75.0 Å². The molecule has 204 valence electrons. The Kier molecular flexibility index (Phi) is 5.79. The summed E-state index contributed by atoms with van der Waals surface area (Å²) in [4.78, 5) is 26.2. The Balaban J connectivity index is 1.45. The van der Waals surface area contributed by atoms with Gasteiger partial charge in [-0.1, -0.05) is 12.1 Å². The van der Waals surface area contributed by atoms with E-state index in [1.807, 2.05) is 18.2 Å². The molecule has 2 N–H and O–H groups in total. The van der Waals surface area contributed by atoms with E-state index in [1.165, 1.54) is 23.4 Å². The molecule has 4 aromatic rings. The number of benzene rings is 1. The van der Waals surface area contributed by atoms with Gasteiger partial charge >= 0.3 is 6.18 Å². The van der Waals surface area contributed by atoms with E-state index in [0.717, 1.165) is 17.6 Å². The fourth-order valence-electron chi connectivity index (χ4n) is 5.30. The van der Waals surface area contributed by atoms with Crippen molar-refractivity contribution in [2.75, 3.05) is 18.5 Å². The zero-order chi connectivity index (χ0) is 27.6. The summed E-state index contributed by atoms with van der Waals surface area (Å²) in [5, 5.41) is 6.53. The van der Waals surface area contributed by atoms with E-state index in [1.54, 1.807) is 12.1 Å². The third kappa shape index (κ3) is 4.56. The van der Waals surface area contributed by atoms with Crippen molar-refractivity contribution in [1.29, 1.82) is 0 Å².